The highest BCUT2D eigenvalue weighted by molar-refractivity contribution is 8.00. The van der Waals surface area contributed by atoms with Crippen LogP contribution in [0.1, 0.15) is 5.76 Å². The van der Waals surface area contributed by atoms with Crippen molar-refractivity contribution in [1.82, 2.24) is 30.1 Å². The van der Waals surface area contributed by atoms with Gasteiger partial charge in [0.1, 0.15) is 17.1 Å². The highest BCUT2D eigenvalue weighted by Crippen LogP contribution is 2.24. The summed E-state index contributed by atoms with van der Waals surface area (Å²) < 4.78 is 6.56. The average molecular weight is 367 g/mol. The summed E-state index contributed by atoms with van der Waals surface area (Å²) in [4.78, 5) is 20.5. The van der Waals surface area contributed by atoms with Crippen LogP contribution in [0.2, 0.25) is 0 Å². The Morgan fingerprint density at radius 2 is 2.12 bits per heavy atom. The lowest BCUT2D eigenvalue weighted by Gasteiger charge is -2.03. The molecule has 0 unspecified atom stereocenters. The number of amides is 1. The molecule has 0 atom stereocenters. The quantitative estimate of drug-likeness (QED) is 0.422. The van der Waals surface area contributed by atoms with E-state index in [1.54, 1.807) is 17.7 Å². The highest BCUT2D eigenvalue weighted by Gasteiger charge is 2.15. The minimum atomic E-state index is -0.217. The van der Waals surface area contributed by atoms with E-state index in [9.17, 15) is 4.79 Å². The van der Waals surface area contributed by atoms with Crippen molar-refractivity contribution in [1.29, 1.82) is 0 Å². The Kier molecular flexibility index (Phi) is 4.32. The van der Waals surface area contributed by atoms with Gasteiger partial charge in [0.15, 0.2) is 17.0 Å². The number of aryl methyl sites for hydroxylation is 1. The molecule has 4 rings (SSSR count). The number of nitrogens with zero attached hydrogens (tertiary/aromatic N) is 6. The van der Waals surface area contributed by atoms with Gasteiger partial charge in [-0.15, -0.1) is 5.10 Å². The van der Waals surface area contributed by atoms with Gasteiger partial charge >= 0.3 is 0 Å². The lowest BCUT2D eigenvalue weighted by molar-refractivity contribution is -0.113. The zero-order chi connectivity index (χ0) is 17.9. The molecule has 3 heterocycles. The monoisotopic (exact) mass is 367 g/mol. The van der Waals surface area contributed by atoms with Gasteiger partial charge in [-0.1, -0.05) is 40.3 Å². The number of aromatic nitrogens is 6. The Balaban J connectivity index is 1.52. The smallest absolute Gasteiger partial charge is 0.236 e. The fraction of sp³-hybridized carbons (Fsp3) is 0.125. The Morgan fingerprint density at radius 1 is 1.27 bits per heavy atom. The second-order valence-electron chi connectivity index (χ2n) is 5.35. The summed E-state index contributed by atoms with van der Waals surface area (Å²) in [5, 5.41) is 15.3. The Bertz CT molecular complexity index is 1060. The molecule has 3 aromatic heterocycles. The Hall–Kier alpha value is -3.27. The molecule has 0 radical (unpaired) electrons. The molecule has 0 bridgehead atoms. The fourth-order valence-electron chi connectivity index (χ4n) is 2.32. The van der Waals surface area contributed by atoms with Gasteiger partial charge in [-0.05, 0) is 19.1 Å². The van der Waals surface area contributed by atoms with Crippen LogP contribution in [0.15, 0.2) is 52.3 Å². The molecule has 10 heteroatoms. The standard InChI is InChI=1S/C16H13N7O2S/c1-10-7-12(21-25-10)19-13(24)8-26-16-14-15(17-9-18-16)23(22-20-14)11-5-3-2-4-6-11/h2-7,9H,8H2,1H3,(H,19,21,24). The van der Waals surface area contributed by atoms with Crippen molar-refractivity contribution in [3.63, 3.8) is 0 Å². The molecule has 9 nitrogen and oxygen atoms in total. The molecule has 26 heavy (non-hydrogen) atoms. The van der Waals surface area contributed by atoms with E-state index >= 15 is 0 Å². The highest BCUT2D eigenvalue weighted by atomic mass is 32.2. The molecule has 1 amide bonds. The minimum absolute atomic E-state index is 0.149. The maximum absolute atomic E-state index is 12.1. The van der Waals surface area contributed by atoms with E-state index < -0.39 is 0 Å². The number of rotatable bonds is 5. The zero-order valence-corrected chi connectivity index (χ0v) is 14.5. The average Bonchev–Trinajstić information content (AvgIpc) is 3.27. The van der Waals surface area contributed by atoms with Gasteiger partial charge in [0.2, 0.25) is 5.91 Å². The summed E-state index contributed by atoms with van der Waals surface area (Å²) in [6.07, 6.45) is 1.44. The molecule has 0 fully saturated rings. The number of carbonyl (C=O) groups is 1. The van der Waals surface area contributed by atoms with Crippen molar-refractivity contribution < 1.29 is 9.32 Å². The molecule has 0 aliphatic carbocycles. The first kappa shape index (κ1) is 16.2. The van der Waals surface area contributed by atoms with Crippen LogP contribution in [-0.2, 0) is 4.79 Å². The number of hydrogen-bond donors (Lipinski definition) is 1. The van der Waals surface area contributed by atoms with Gasteiger partial charge in [0.25, 0.3) is 0 Å². The maximum atomic E-state index is 12.1. The second-order valence-corrected chi connectivity index (χ2v) is 6.31. The van der Waals surface area contributed by atoms with Gasteiger partial charge < -0.3 is 9.84 Å². The van der Waals surface area contributed by atoms with Gasteiger partial charge in [0.05, 0.1) is 11.4 Å². The molecule has 1 aromatic carbocycles. The van der Waals surface area contributed by atoms with Crippen LogP contribution in [0.4, 0.5) is 5.82 Å². The molecule has 0 aliphatic heterocycles. The van der Waals surface area contributed by atoms with Crippen LogP contribution in [-0.4, -0.2) is 41.8 Å². The zero-order valence-electron chi connectivity index (χ0n) is 13.7. The summed E-state index contributed by atoms with van der Waals surface area (Å²) in [7, 11) is 0. The first-order chi connectivity index (χ1) is 12.7. The van der Waals surface area contributed by atoms with Crippen molar-refractivity contribution >= 4 is 34.7 Å². The lowest BCUT2D eigenvalue weighted by Crippen LogP contribution is -2.14. The fourth-order valence-corrected chi connectivity index (χ4v) is 3.05. The van der Waals surface area contributed by atoms with Crippen LogP contribution in [0.25, 0.3) is 16.9 Å². The van der Waals surface area contributed by atoms with Crippen molar-refractivity contribution in [2.75, 3.05) is 11.1 Å². The summed E-state index contributed by atoms with van der Waals surface area (Å²) in [6, 6.07) is 11.2. The van der Waals surface area contributed by atoms with E-state index in [-0.39, 0.29) is 11.7 Å². The predicted molar refractivity (Wildman–Crippen MR) is 95.0 cm³/mol. The minimum Gasteiger partial charge on any atom is -0.360 e. The SMILES string of the molecule is Cc1cc(NC(=O)CSc2ncnc3c2nnn3-c2ccccc2)no1. The third-order valence-corrected chi connectivity index (χ3v) is 4.42. The molecular formula is C16H13N7O2S. The van der Waals surface area contributed by atoms with Gasteiger partial charge in [-0.25, -0.2) is 9.97 Å². The predicted octanol–water partition coefficient (Wildman–Crippen LogP) is 2.24. The topological polar surface area (TPSA) is 112 Å². The van der Waals surface area contributed by atoms with Crippen LogP contribution >= 0.6 is 11.8 Å². The molecule has 0 spiro atoms. The summed E-state index contributed by atoms with van der Waals surface area (Å²) in [5.41, 5.74) is 1.98. The summed E-state index contributed by atoms with van der Waals surface area (Å²) in [5.74, 6) is 0.945. The number of carbonyl (C=O) groups excluding carboxylic acids is 1. The first-order valence-corrected chi connectivity index (χ1v) is 8.67. The third-order valence-electron chi connectivity index (χ3n) is 3.44. The number of thioether (sulfide) groups is 1. The maximum Gasteiger partial charge on any atom is 0.236 e. The van der Waals surface area contributed by atoms with Crippen LogP contribution in [0.5, 0.6) is 0 Å². The van der Waals surface area contributed by atoms with E-state index in [2.05, 4.69) is 30.8 Å². The van der Waals surface area contributed by atoms with E-state index in [0.29, 0.717) is 27.8 Å². The number of hydrogen-bond acceptors (Lipinski definition) is 8. The van der Waals surface area contributed by atoms with Crippen molar-refractivity contribution in [3.8, 4) is 5.69 Å². The van der Waals surface area contributed by atoms with E-state index in [1.165, 1.54) is 18.1 Å². The second kappa shape index (κ2) is 6.92. The van der Waals surface area contributed by atoms with Gasteiger partial charge in [-0.2, -0.15) is 4.68 Å². The first-order valence-electron chi connectivity index (χ1n) is 7.68. The number of anilines is 1. The van der Waals surface area contributed by atoms with Crippen LogP contribution in [0.3, 0.4) is 0 Å². The Morgan fingerprint density at radius 3 is 2.88 bits per heavy atom. The Labute approximate surface area is 151 Å². The number of benzene rings is 1. The van der Waals surface area contributed by atoms with Crippen molar-refractivity contribution in [3.05, 3.63) is 48.5 Å². The van der Waals surface area contributed by atoms with Gasteiger partial charge in [0, 0.05) is 6.07 Å². The molecule has 0 aliphatic rings. The lowest BCUT2D eigenvalue weighted by atomic mass is 10.3. The number of nitrogens with one attached hydrogen (secondary N) is 1. The number of para-hydroxylation sites is 1. The van der Waals surface area contributed by atoms with Crippen molar-refractivity contribution in [2.24, 2.45) is 0 Å². The number of fused-ring (bicyclic) bond motifs is 1. The molecule has 130 valence electrons. The van der Waals surface area contributed by atoms with Crippen LogP contribution in [0, 0.1) is 6.92 Å². The normalized spacial score (nSPS) is 11.0. The van der Waals surface area contributed by atoms with E-state index in [4.69, 9.17) is 4.52 Å². The summed E-state index contributed by atoms with van der Waals surface area (Å²) in [6.45, 7) is 1.76. The van der Waals surface area contributed by atoms with Crippen LogP contribution < -0.4 is 5.32 Å². The molecular weight excluding hydrogens is 354 g/mol. The van der Waals surface area contributed by atoms with E-state index in [0.717, 1.165) is 5.69 Å². The molecule has 0 saturated carbocycles. The molecule has 1 N–H and O–H groups in total. The summed E-state index contributed by atoms with van der Waals surface area (Å²) >= 11 is 1.26. The van der Waals surface area contributed by atoms with E-state index in [1.807, 2.05) is 30.3 Å². The largest absolute Gasteiger partial charge is 0.360 e. The van der Waals surface area contributed by atoms with Crippen molar-refractivity contribution in [2.45, 2.75) is 11.9 Å². The van der Waals surface area contributed by atoms with Gasteiger partial charge in [-0.3, -0.25) is 4.79 Å². The third kappa shape index (κ3) is 3.26. The molecule has 0 saturated heterocycles. The molecule has 4 aromatic rings.